The molecular weight excluding hydrogens is 312 g/mol. The fourth-order valence-electron chi connectivity index (χ4n) is 2.54. The van der Waals surface area contributed by atoms with Crippen LogP contribution in [0.25, 0.3) is 0 Å². The minimum atomic E-state index is -0.583. The maximum absolute atomic E-state index is 11.9. The number of alkyl carbamates (subject to hydrolysis) is 1. The first-order valence-electron chi connectivity index (χ1n) is 8.21. The fourth-order valence-corrected chi connectivity index (χ4v) is 3.34. The summed E-state index contributed by atoms with van der Waals surface area (Å²) in [6.45, 7) is 14.1. The number of β-lactam (4-membered cyclic amide) rings is 1. The first-order chi connectivity index (χ1) is 10.4. The van der Waals surface area contributed by atoms with E-state index in [1.165, 1.54) is 0 Å². The molecule has 1 heterocycles. The first-order valence-corrected chi connectivity index (χ1v) is 9.02. The standard InChI is InChI=1S/C16H32N2O4Si/c1-9(2)16(6,7)11(22-23)8-10-12(13(19)17-10)18-14(20)21-15(3,4)5/h9-12H,8H2,1-7,23H3,(H,17,19)(H,18,20). The molecule has 0 radical (unpaired) electrons. The van der Waals surface area contributed by atoms with Gasteiger partial charge in [0.05, 0.1) is 12.1 Å². The van der Waals surface area contributed by atoms with Crippen LogP contribution >= 0.6 is 0 Å². The number of ether oxygens (including phenoxy) is 1. The Kier molecular flexibility index (Phi) is 6.26. The van der Waals surface area contributed by atoms with Gasteiger partial charge in [-0.2, -0.15) is 0 Å². The lowest BCUT2D eigenvalue weighted by molar-refractivity contribution is -0.133. The molecule has 0 aromatic heterocycles. The van der Waals surface area contributed by atoms with Crippen LogP contribution in [0.5, 0.6) is 0 Å². The number of carbonyl (C=O) groups is 2. The summed E-state index contributed by atoms with van der Waals surface area (Å²) >= 11 is 0. The van der Waals surface area contributed by atoms with E-state index in [0.717, 1.165) is 0 Å². The third-order valence-corrected chi connectivity index (χ3v) is 5.32. The van der Waals surface area contributed by atoms with Crippen LogP contribution in [-0.2, 0) is 14.0 Å². The topological polar surface area (TPSA) is 76.7 Å². The largest absolute Gasteiger partial charge is 0.444 e. The minimum absolute atomic E-state index is 0.00145. The second kappa shape index (κ2) is 7.21. The van der Waals surface area contributed by atoms with Crippen LogP contribution in [0.4, 0.5) is 4.79 Å². The number of amides is 2. The molecule has 1 saturated heterocycles. The molecule has 23 heavy (non-hydrogen) atoms. The highest BCUT2D eigenvalue weighted by molar-refractivity contribution is 5.98. The molecular formula is C16H32N2O4Si. The Morgan fingerprint density at radius 2 is 1.87 bits per heavy atom. The summed E-state index contributed by atoms with van der Waals surface area (Å²) in [6, 6.07) is -0.667. The summed E-state index contributed by atoms with van der Waals surface area (Å²) in [7, 11) is 0.637. The summed E-state index contributed by atoms with van der Waals surface area (Å²) in [5.41, 5.74) is -0.585. The molecule has 0 aliphatic carbocycles. The van der Waals surface area contributed by atoms with Gasteiger partial charge in [-0.15, -0.1) is 0 Å². The molecule has 0 spiro atoms. The maximum atomic E-state index is 11.9. The van der Waals surface area contributed by atoms with Crippen LogP contribution in [0.15, 0.2) is 0 Å². The lowest BCUT2D eigenvalue weighted by Gasteiger charge is -2.44. The predicted molar refractivity (Wildman–Crippen MR) is 93.1 cm³/mol. The van der Waals surface area contributed by atoms with E-state index in [1.54, 1.807) is 20.8 Å². The van der Waals surface area contributed by atoms with Crippen molar-refractivity contribution in [3.8, 4) is 0 Å². The van der Waals surface area contributed by atoms with Crippen molar-refractivity contribution in [2.24, 2.45) is 11.3 Å². The number of carbonyl (C=O) groups excluding carboxylic acids is 2. The van der Waals surface area contributed by atoms with E-state index in [0.29, 0.717) is 22.8 Å². The number of hydrogen-bond donors (Lipinski definition) is 2. The molecule has 2 N–H and O–H groups in total. The molecule has 134 valence electrons. The SMILES string of the molecule is CC(C)C(C)(C)C(CC1NC(=O)C1NC(=O)OC(C)(C)C)O[SiH3]. The Morgan fingerprint density at radius 1 is 1.30 bits per heavy atom. The Hall–Kier alpha value is -1.08. The van der Waals surface area contributed by atoms with Gasteiger partial charge >= 0.3 is 6.09 Å². The molecule has 3 unspecified atom stereocenters. The van der Waals surface area contributed by atoms with Crippen molar-refractivity contribution >= 4 is 22.5 Å². The molecule has 0 saturated carbocycles. The summed E-state index contributed by atoms with van der Waals surface area (Å²) in [5.74, 6) is 0.282. The number of hydrogen-bond acceptors (Lipinski definition) is 4. The number of rotatable bonds is 6. The van der Waals surface area contributed by atoms with Gasteiger partial charge in [-0.1, -0.05) is 27.7 Å². The quantitative estimate of drug-likeness (QED) is 0.559. The maximum Gasteiger partial charge on any atom is 0.408 e. The van der Waals surface area contributed by atoms with Crippen LogP contribution in [0, 0.1) is 11.3 Å². The zero-order valence-corrected chi connectivity index (χ0v) is 17.6. The second-order valence-electron chi connectivity index (χ2n) is 8.18. The normalized spacial score (nSPS) is 23.2. The fraction of sp³-hybridized carbons (Fsp3) is 0.875. The third kappa shape index (κ3) is 5.21. The number of nitrogens with one attached hydrogen (secondary N) is 2. The van der Waals surface area contributed by atoms with Crippen LogP contribution in [0.2, 0.25) is 0 Å². The van der Waals surface area contributed by atoms with Gasteiger partial charge in [-0.25, -0.2) is 4.79 Å². The van der Waals surface area contributed by atoms with E-state index in [4.69, 9.17) is 9.16 Å². The minimum Gasteiger partial charge on any atom is -0.444 e. The van der Waals surface area contributed by atoms with Crippen molar-refractivity contribution in [1.29, 1.82) is 0 Å². The van der Waals surface area contributed by atoms with Gasteiger partial charge in [-0.05, 0) is 38.5 Å². The van der Waals surface area contributed by atoms with Crippen molar-refractivity contribution in [2.75, 3.05) is 0 Å². The first kappa shape index (κ1) is 20.0. The van der Waals surface area contributed by atoms with Gasteiger partial charge in [0.2, 0.25) is 5.91 Å². The van der Waals surface area contributed by atoms with Gasteiger partial charge in [0, 0.05) is 0 Å². The Balaban J connectivity index is 2.67. The second-order valence-corrected chi connectivity index (χ2v) is 8.65. The summed E-state index contributed by atoms with van der Waals surface area (Å²) < 4.78 is 11.0. The van der Waals surface area contributed by atoms with Crippen LogP contribution in [0.1, 0.15) is 54.9 Å². The zero-order chi connectivity index (χ0) is 18.0. The van der Waals surface area contributed by atoms with E-state index in [-0.39, 0.29) is 23.5 Å². The van der Waals surface area contributed by atoms with E-state index in [2.05, 4.69) is 38.3 Å². The molecule has 1 aliphatic heterocycles. The van der Waals surface area contributed by atoms with Gasteiger partial charge in [-0.3, -0.25) is 4.79 Å². The smallest absolute Gasteiger partial charge is 0.408 e. The molecule has 1 fully saturated rings. The molecule has 1 aliphatic rings. The monoisotopic (exact) mass is 344 g/mol. The average molecular weight is 345 g/mol. The van der Waals surface area contributed by atoms with E-state index >= 15 is 0 Å². The van der Waals surface area contributed by atoms with E-state index < -0.39 is 17.7 Å². The lowest BCUT2D eigenvalue weighted by Crippen LogP contribution is -2.70. The lowest BCUT2D eigenvalue weighted by atomic mass is 9.73. The highest BCUT2D eigenvalue weighted by atomic mass is 28.2. The van der Waals surface area contributed by atoms with Gasteiger partial charge in [0.15, 0.2) is 0 Å². The van der Waals surface area contributed by atoms with Crippen molar-refractivity contribution in [1.82, 2.24) is 10.6 Å². The Morgan fingerprint density at radius 3 is 2.26 bits per heavy atom. The third-order valence-electron chi connectivity index (χ3n) is 4.76. The Bertz CT molecular complexity index is 446. The van der Waals surface area contributed by atoms with E-state index in [9.17, 15) is 9.59 Å². The molecule has 3 atom stereocenters. The molecule has 7 heteroatoms. The van der Waals surface area contributed by atoms with Gasteiger partial charge in [0.1, 0.15) is 22.1 Å². The summed E-state index contributed by atoms with van der Waals surface area (Å²) in [6.07, 6.45) is 0.164. The zero-order valence-electron chi connectivity index (χ0n) is 15.6. The summed E-state index contributed by atoms with van der Waals surface area (Å²) in [4.78, 5) is 23.7. The Labute approximate surface area is 142 Å². The highest BCUT2D eigenvalue weighted by Gasteiger charge is 2.45. The van der Waals surface area contributed by atoms with Crippen molar-refractivity contribution in [3.63, 3.8) is 0 Å². The molecule has 0 bridgehead atoms. The molecule has 1 rings (SSSR count). The molecule has 2 amide bonds. The molecule has 6 nitrogen and oxygen atoms in total. The van der Waals surface area contributed by atoms with Crippen molar-refractivity contribution < 1.29 is 18.8 Å². The van der Waals surface area contributed by atoms with Crippen LogP contribution < -0.4 is 10.6 Å². The predicted octanol–water partition coefficient (Wildman–Crippen LogP) is 1.12. The van der Waals surface area contributed by atoms with Crippen LogP contribution in [-0.4, -0.2) is 46.3 Å². The van der Waals surface area contributed by atoms with Crippen LogP contribution in [0.3, 0.4) is 0 Å². The highest BCUT2D eigenvalue weighted by Crippen LogP contribution is 2.35. The van der Waals surface area contributed by atoms with Gasteiger partial charge < -0.3 is 19.8 Å². The van der Waals surface area contributed by atoms with Crippen molar-refractivity contribution in [2.45, 2.75) is 78.7 Å². The molecule has 0 aromatic rings. The van der Waals surface area contributed by atoms with E-state index in [1.807, 2.05) is 0 Å². The average Bonchev–Trinajstić information content (AvgIpc) is 2.38. The summed E-state index contributed by atoms with van der Waals surface area (Å²) in [5, 5.41) is 5.53. The molecule has 0 aromatic carbocycles. The van der Waals surface area contributed by atoms with Gasteiger partial charge in [0.25, 0.3) is 0 Å². The van der Waals surface area contributed by atoms with Crippen molar-refractivity contribution in [3.05, 3.63) is 0 Å².